The Balaban J connectivity index is 0.000000164. The average Bonchev–Trinajstić information content (AvgIpc) is 4.05. The first-order chi connectivity index (χ1) is 35.4. The molecule has 1 amide bonds. The highest BCUT2D eigenvalue weighted by Gasteiger charge is 2.23. The van der Waals surface area contributed by atoms with E-state index >= 15 is 0 Å². The molecule has 1 aliphatic heterocycles. The second kappa shape index (κ2) is 29.7. The lowest BCUT2D eigenvalue weighted by Crippen LogP contribution is -2.27. The lowest BCUT2D eigenvalue weighted by atomic mass is 9.89. The molecular formula is C63H60N2O7. The Kier molecular flexibility index (Phi) is 21.9. The van der Waals surface area contributed by atoms with Crippen LogP contribution in [0, 0.1) is 0 Å². The van der Waals surface area contributed by atoms with Gasteiger partial charge in [0.2, 0.25) is 0 Å². The lowest BCUT2D eigenvalue weighted by molar-refractivity contribution is -0.247. The summed E-state index contributed by atoms with van der Waals surface area (Å²) in [4.78, 5) is 26.5. The molecule has 72 heavy (non-hydrogen) atoms. The van der Waals surface area contributed by atoms with Gasteiger partial charge < -0.3 is 9.84 Å². The molecule has 9 aromatic carbocycles. The Hall–Kier alpha value is -8.28. The van der Waals surface area contributed by atoms with Crippen LogP contribution in [0.25, 0.3) is 33.4 Å². The van der Waals surface area contributed by atoms with E-state index in [1.165, 1.54) is 35.1 Å². The van der Waals surface area contributed by atoms with Crippen molar-refractivity contribution in [3.8, 4) is 33.4 Å². The fourth-order valence-electron chi connectivity index (χ4n) is 8.11. The number of nitrogens with two attached hydrogens (primary N) is 1. The monoisotopic (exact) mass is 956 g/mol. The van der Waals surface area contributed by atoms with Crippen molar-refractivity contribution in [2.24, 2.45) is 5.90 Å². The smallest absolute Gasteiger partial charge is 0.315 e. The number of rotatable bonds is 11. The maximum atomic E-state index is 12.1. The highest BCUT2D eigenvalue weighted by molar-refractivity contribution is 5.86. The molecule has 9 heteroatoms. The first-order valence-electron chi connectivity index (χ1n) is 23.7. The molecule has 0 bridgehead atoms. The number of carbonyl (C=O) groups excluding carboxylic acids is 1. The number of nitrogens with one attached hydrogen (secondary N) is 1. The maximum Gasteiger partial charge on any atom is 0.315 e. The van der Waals surface area contributed by atoms with E-state index in [1.54, 1.807) is 5.48 Å². The molecule has 1 heterocycles. The largest absolute Gasteiger partial charge is 0.481 e. The SMILES string of the molecule is C1CCOC1.NOO.O=C(NO)C(c1ccccc1)c1ccc(-c2ccccc2)cc1.O=C(O)C(c1ccccc1)c1ccc(-c2ccccc2)cc1.c1ccc(Cc2ccc(-c3ccccc3)cc2)cc1. The molecule has 9 aromatic rings. The van der Waals surface area contributed by atoms with E-state index in [-0.39, 0.29) is 0 Å². The molecular weight excluding hydrogens is 897 g/mol. The van der Waals surface area contributed by atoms with E-state index in [2.05, 4.69) is 89.7 Å². The lowest BCUT2D eigenvalue weighted by Gasteiger charge is -2.16. The first-order valence-corrected chi connectivity index (χ1v) is 23.7. The highest BCUT2D eigenvalue weighted by atomic mass is 17.2. The summed E-state index contributed by atoms with van der Waals surface area (Å²) in [6.45, 7) is 2.00. The zero-order chi connectivity index (χ0) is 50.6. The Morgan fingerprint density at radius 2 is 0.708 bits per heavy atom. The van der Waals surface area contributed by atoms with Crippen molar-refractivity contribution in [2.45, 2.75) is 31.1 Å². The number of amides is 1. The molecule has 10 rings (SSSR count). The average molecular weight is 957 g/mol. The normalized spacial score (nSPS) is 12.0. The van der Waals surface area contributed by atoms with E-state index in [0.717, 1.165) is 64.1 Å². The van der Waals surface area contributed by atoms with Crippen molar-refractivity contribution in [2.75, 3.05) is 13.2 Å². The van der Waals surface area contributed by atoms with Gasteiger partial charge in [0.15, 0.2) is 0 Å². The minimum Gasteiger partial charge on any atom is -0.481 e. The highest BCUT2D eigenvalue weighted by Crippen LogP contribution is 2.29. The Bertz CT molecular complexity index is 2880. The van der Waals surface area contributed by atoms with Crippen LogP contribution < -0.4 is 11.4 Å². The molecule has 1 aliphatic rings. The van der Waals surface area contributed by atoms with Gasteiger partial charge in [0.1, 0.15) is 5.92 Å². The van der Waals surface area contributed by atoms with Gasteiger partial charge in [-0.1, -0.05) is 255 Å². The van der Waals surface area contributed by atoms with Gasteiger partial charge in [-0.25, -0.2) is 10.7 Å². The predicted molar refractivity (Wildman–Crippen MR) is 287 cm³/mol. The topological polar surface area (TPSA) is 151 Å². The van der Waals surface area contributed by atoms with Gasteiger partial charge in [-0.15, -0.1) is 4.99 Å². The summed E-state index contributed by atoms with van der Waals surface area (Å²) in [5.41, 5.74) is 14.7. The Morgan fingerprint density at radius 1 is 0.431 bits per heavy atom. The number of carboxylic acids is 1. The Labute approximate surface area is 422 Å². The number of hydroxylamine groups is 1. The number of carbonyl (C=O) groups is 2. The van der Waals surface area contributed by atoms with Gasteiger partial charge in [-0.3, -0.25) is 14.8 Å². The number of carboxylic acid groups (broad SMARTS) is 1. The molecule has 364 valence electrons. The molecule has 1 saturated heterocycles. The second-order valence-electron chi connectivity index (χ2n) is 16.6. The van der Waals surface area contributed by atoms with Crippen molar-refractivity contribution >= 4 is 11.9 Å². The van der Waals surface area contributed by atoms with Crippen molar-refractivity contribution in [1.29, 1.82) is 0 Å². The number of benzene rings is 9. The fourth-order valence-corrected chi connectivity index (χ4v) is 8.11. The molecule has 1 fully saturated rings. The zero-order valence-electron chi connectivity index (χ0n) is 40.0. The van der Waals surface area contributed by atoms with E-state index < -0.39 is 23.7 Å². The van der Waals surface area contributed by atoms with Crippen LogP contribution in [0.15, 0.2) is 255 Å². The van der Waals surface area contributed by atoms with Crippen LogP contribution >= 0.6 is 0 Å². The number of hydrogen-bond donors (Lipinski definition) is 5. The molecule has 0 saturated carbocycles. The minimum atomic E-state index is -0.835. The first kappa shape index (κ1) is 53.1. The van der Waals surface area contributed by atoms with Crippen LogP contribution in [0.3, 0.4) is 0 Å². The number of ether oxygens (including phenoxy) is 1. The third-order valence-corrected chi connectivity index (χ3v) is 11.7. The maximum absolute atomic E-state index is 12.1. The van der Waals surface area contributed by atoms with Crippen LogP contribution in [-0.2, 0) is 25.7 Å². The molecule has 6 N–H and O–H groups in total. The number of aliphatic carboxylic acids is 1. The van der Waals surface area contributed by atoms with Crippen LogP contribution in [0.1, 0.15) is 58.1 Å². The quantitative estimate of drug-likeness (QED) is 0.0488. The number of hydrogen-bond acceptors (Lipinski definition) is 7. The summed E-state index contributed by atoms with van der Waals surface area (Å²) in [6.07, 6.45) is 3.55. The van der Waals surface area contributed by atoms with Crippen molar-refractivity contribution in [3.05, 3.63) is 288 Å². The third kappa shape index (κ3) is 16.7. The van der Waals surface area contributed by atoms with Gasteiger partial charge in [-0.05, 0) is 86.0 Å². The standard InChI is InChI=1S/C20H17NO2.C20H16O2.C19H16.C4H8O.H3NO2/c22-20(21-23)19(17-9-5-2-6-10-17)18-13-11-16(12-14-18)15-7-3-1-4-8-15;21-20(22)19(17-9-5-2-6-10-17)18-13-11-16(12-14-18)15-7-3-1-4-8-15;1-3-7-16(8-4-1)15-17-11-13-19(14-12-17)18-9-5-2-6-10-18;1-2-4-5-3-1;1-3-2/h1-14,19,23H,(H,21,22);1-14,19H,(H,21,22);1-14H,15H2;1-4H2;2H,1H2. The van der Waals surface area contributed by atoms with E-state index in [4.69, 9.17) is 15.2 Å². The molecule has 2 unspecified atom stereocenters. The van der Waals surface area contributed by atoms with E-state index in [1.807, 2.05) is 176 Å². The summed E-state index contributed by atoms with van der Waals surface area (Å²) < 4.78 is 4.94. The van der Waals surface area contributed by atoms with Crippen LogP contribution in [-0.4, -0.2) is 40.7 Å². The zero-order valence-corrected chi connectivity index (χ0v) is 40.0. The summed E-state index contributed by atoms with van der Waals surface area (Å²) in [5.74, 6) is 1.46. The third-order valence-electron chi connectivity index (χ3n) is 11.7. The molecule has 0 aromatic heterocycles. The van der Waals surface area contributed by atoms with Gasteiger partial charge in [0.05, 0.1) is 5.92 Å². The second-order valence-corrected chi connectivity index (χ2v) is 16.6. The minimum absolute atomic E-state index is 0.441. The summed E-state index contributed by atoms with van der Waals surface area (Å²) in [7, 11) is 0. The van der Waals surface area contributed by atoms with Crippen LogP contribution in [0.4, 0.5) is 0 Å². The van der Waals surface area contributed by atoms with Crippen molar-refractivity contribution < 1.29 is 34.9 Å². The summed E-state index contributed by atoms with van der Waals surface area (Å²) >= 11 is 0. The molecule has 9 nitrogen and oxygen atoms in total. The molecule has 0 spiro atoms. The van der Waals surface area contributed by atoms with E-state index in [0.29, 0.717) is 0 Å². The van der Waals surface area contributed by atoms with Gasteiger partial charge in [0, 0.05) is 13.2 Å². The summed E-state index contributed by atoms with van der Waals surface area (Å²) in [5, 5.41) is 25.5. The summed E-state index contributed by atoms with van der Waals surface area (Å²) in [6, 6.07) is 84.3. The predicted octanol–water partition coefficient (Wildman–Crippen LogP) is 13.7. The van der Waals surface area contributed by atoms with Gasteiger partial charge in [0.25, 0.3) is 5.91 Å². The van der Waals surface area contributed by atoms with Gasteiger partial charge in [-0.2, -0.15) is 5.90 Å². The van der Waals surface area contributed by atoms with Crippen molar-refractivity contribution in [1.82, 2.24) is 5.48 Å². The van der Waals surface area contributed by atoms with Crippen LogP contribution in [0.2, 0.25) is 0 Å². The van der Waals surface area contributed by atoms with Crippen LogP contribution in [0.5, 0.6) is 0 Å². The Morgan fingerprint density at radius 3 is 1.04 bits per heavy atom. The molecule has 0 aliphatic carbocycles. The fraction of sp³-hybridized carbons (Fsp3) is 0.111. The van der Waals surface area contributed by atoms with Crippen molar-refractivity contribution in [3.63, 3.8) is 0 Å². The van der Waals surface area contributed by atoms with E-state index in [9.17, 15) is 14.7 Å². The molecule has 0 radical (unpaired) electrons. The molecule has 2 atom stereocenters. The van der Waals surface area contributed by atoms with Gasteiger partial charge >= 0.3 is 5.97 Å².